The first-order valence-corrected chi connectivity index (χ1v) is 6.14. The molecule has 1 N–H and O–H groups in total. The minimum absolute atomic E-state index is 0.0564. The fourth-order valence-electron chi connectivity index (χ4n) is 1.64. The van der Waals surface area contributed by atoms with E-state index in [0.29, 0.717) is 17.9 Å². The zero-order valence-corrected chi connectivity index (χ0v) is 11.3. The maximum Gasteiger partial charge on any atom is 0.273 e. The van der Waals surface area contributed by atoms with Gasteiger partial charge in [-0.3, -0.25) is 9.48 Å². The lowest BCUT2D eigenvalue weighted by Gasteiger charge is -2.07. The Hall–Kier alpha value is -2.44. The van der Waals surface area contributed by atoms with E-state index in [1.807, 2.05) is 6.92 Å². The zero-order chi connectivity index (χ0) is 14.5. The molecule has 0 saturated carbocycles. The van der Waals surface area contributed by atoms with Gasteiger partial charge in [-0.15, -0.1) is 5.10 Å². The van der Waals surface area contributed by atoms with Gasteiger partial charge in [0.2, 0.25) is 0 Å². The number of amides is 1. The molecule has 7 heteroatoms. The van der Waals surface area contributed by atoms with Crippen molar-refractivity contribution in [2.45, 2.75) is 20.0 Å². The van der Waals surface area contributed by atoms with E-state index in [1.165, 1.54) is 25.4 Å². The van der Waals surface area contributed by atoms with E-state index in [1.54, 1.807) is 10.7 Å². The maximum absolute atomic E-state index is 13.6. The molecule has 106 valence electrons. The summed E-state index contributed by atoms with van der Waals surface area (Å²) in [5, 5.41) is 10.1. The Morgan fingerprint density at radius 1 is 1.50 bits per heavy atom. The summed E-state index contributed by atoms with van der Waals surface area (Å²) in [5.41, 5.74) is 0.552. The average Bonchev–Trinajstić information content (AvgIpc) is 2.95. The quantitative estimate of drug-likeness (QED) is 0.897. The number of carbonyl (C=O) groups is 1. The monoisotopic (exact) mass is 278 g/mol. The smallest absolute Gasteiger partial charge is 0.273 e. The number of hydrogen-bond donors (Lipinski definition) is 1. The number of aromatic nitrogens is 3. The van der Waals surface area contributed by atoms with Gasteiger partial charge in [0.15, 0.2) is 5.69 Å². The topological polar surface area (TPSA) is 69.0 Å². The van der Waals surface area contributed by atoms with Crippen LogP contribution in [-0.2, 0) is 13.1 Å². The van der Waals surface area contributed by atoms with Crippen molar-refractivity contribution in [3.05, 3.63) is 41.5 Å². The third kappa shape index (κ3) is 3.11. The van der Waals surface area contributed by atoms with E-state index in [4.69, 9.17) is 4.74 Å². The summed E-state index contributed by atoms with van der Waals surface area (Å²) in [5.74, 6) is -0.261. The minimum Gasteiger partial charge on any atom is -0.497 e. The van der Waals surface area contributed by atoms with Crippen LogP contribution in [0.25, 0.3) is 0 Å². The van der Waals surface area contributed by atoms with Gasteiger partial charge in [-0.1, -0.05) is 5.21 Å². The van der Waals surface area contributed by atoms with Gasteiger partial charge in [0.05, 0.1) is 13.3 Å². The zero-order valence-electron chi connectivity index (χ0n) is 11.3. The number of methoxy groups -OCH3 is 1. The summed E-state index contributed by atoms with van der Waals surface area (Å²) < 4.78 is 20.1. The van der Waals surface area contributed by atoms with Crippen LogP contribution in [0.5, 0.6) is 5.75 Å². The summed E-state index contributed by atoms with van der Waals surface area (Å²) in [6.45, 7) is 2.58. The van der Waals surface area contributed by atoms with Crippen LogP contribution in [0, 0.1) is 5.82 Å². The van der Waals surface area contributed by atoms with Crippen molar-refractivity contribution >= 4 is 5.91 Å². The fourth-order valence-corrected chi connectivity index (χ4v) is 1.64. The van der Waals surface area contributed by atoms with Gasteiger partial charge in [0, 0.05) is 18.7 Å². The fraction of sp³-hybridized carbons (Fsp3) is 0.308. The number of benzene rings is 1. The SMILES string of the molecule is CCn1cc(C(=O)NCc2cc(OC)ccc2F)nn1. The van der Waals surface area contributed by atoms with Gasteiger partial charge in [-0.2, -0.15) is 0 Å². The summed E-state index contributed by atoms with van der Waals surface area (Å²) in [7, 11) is 1.50. The Labute approximate surface area is 115 Å². The predicted octanol–water partition coefficient (Wildman–Crippen LogP) is 1.38. The standard InChI is InChI=1S/C13H15FN4O2/c1-3-18-8-12(16-17-18)13(19)15-7-9-6-10(20-2)4-5-11(9)14/h4-6,8H,3,7H2,1-2H3,(H,15,19). The Morgan fingerprint density at radius 3 is 2.95 bits per heavy atom. The third-order valence-corrected chi connectivity index (χ3v) is 2.79. The molecular formula is C13H15FN4O2. The summed E-state index contributed by atoms with van der Waals surface area (Å²) in [6.07, 6.45) is 1.54. The molecule has 2 aromatic rings. The molecule has 0 aliphatic rings. The van der Waals surface area contributed by atoms with Gasteiger partial charge in [-0.25, -0.2) is 4.39 Å². The van der Waals surface area contributed by atoms with Crippen LogP contribution in [-0.4, -0.2) is 28.0 Å². The highest BCUT2D eigenvalue weighted by Crippen LogP contribution is 2.16. The molecule has 0 atom stereocenters. The van der Waals surface area contributed by atoms with Crippen molar-refractivity contribution in [2.24, 2.45) is 0 Å². The van der Waals surface area contributed by atoms with Crippen molar-refractivity contribution in [1.82, 2.24) is 20.3 Å². The van der Waals surface area contributed by atoms with E-state index in [9.17, 15) is 9.18 Å². The molecule has 1 aromatic heterocycles. The summed E-state index contributed by atoms with van der Waals surface area (Å²) in [6, 6.07) is 4.36. The number of hydrogen-bond acceptors (Lipinski definition) is 4. The lowest BCUT2D eigenvalue weighted by molar-refractivity contribution is 0.0945. The molecular weight excluding hydrogens is 263 g/mol. The van der Waals surface area contributed by atoms with Crippen LogP contribution in [0.4, 0.5) is 4.39 Å². The molecule has 6 nitrogen and oxygen atoms in total. The first-order chi connectivity index (χ1) is 9.63. The highest BCUT2D eigenvalue weighted by molar-refractivity contribution is 5.91. The van der Waals surface area contributed by atoms with E-state index < -0.39 is 11.7 Å². The van der Waals surface area contributed by atoms with E-state index in [-0.39, 0.29) is 12.2 Å². The lowest BCUT2D eigenvalue weighted by atomic mass is 10.2. The van der Waals surface area contributed by atoms with Crippen molar-refractivity contribution in [2.75, 3.05) is 7.11 Å². The maximum atomic E-state index is 13.6. The molecule has 2 rings (SSSR count). The van der Waals surface area contributed by atoms with Crippen molar-refractivity contribution < 1.29 is 13.9 Å². The summed E-state index contributed by atoms with van der Waals surface area (Å²) >= 11 is 0. The number of nitrogens with zero attached hydrogens (tertiary/aromatic N) is 3. The van der Waals surface area contributed by atoms with Crippen LogP contribution >= 0.6 is 0 Å². The van der Waals surface area contributed by atoms with E-state index in [0.717, 1.165) is 0 Å². The van der Waals surface area contributed by atoms with Crippen molar-refractivity contribution in [3.8, 4) is 5.75 Å². The van der Waals surface area contributed by atoms with Gasteiger partial charge < -0.3 is 10.1 Å². The van der Waals surface area contributed by atoms with Crippen molar-refractivity contribution in [1.29, 1.82) is 0 Å². The first kappa shape index (κ1) is 14.0. The van der Waals surface area contributed by atoms with Crippen LogP contribution in [0.1, 0.15) is 23.0 Å². The molecule has 0 aliphatic carbocycles. The van der Waals surface area contributed by atoms with E-state index >= 15 is 0 Å². The second-order valence-corrected chi connectivity index (χ2v) is 4.10. The van der Waals surface area contributed by atoms with E-state index in [2.05, 4.69) is 15.6 Å². The second-order valence-electron chi connectivity index (χ2n) is 4.10. The molecule has 0 fully saturated rings. The molecule has 0 spiro atoms. The Kier molecular flexibility index (Phi) is 4.29. The number of halogens is 1. The second kappa shape index (κ2) is 6.14. The molecule has 1 heterocycles. The molecule has 0 radical (unpaired) electrons. The third-order valence-electron chi connectivity index (χ3n) is 2.79. The Morgan fingerprint density at radius 2 is 2.30 bits per heavy atom. The molecule has 0 aliphatic heterocycles. The highest BCUT2D eigenvalue weighted by atomic mass is 19.1. The van der Waals surface area contributed by atoms with Gasteiger partial charge in [0.25, 0.3) is 5.91 Å². The normalized spacial score (nSPS) is 10.3. The molecule has 0 saturated heterocycles. The highest BCUT2D eigenvalue weighted by Gasteiger charge is 2.11. The molecule has 1 amide bonds. The van der Waals surface area contributed by atoms with Crippen LogP contribution in [0.2, 0.25) is 0 Å². The van der Waals surface area contributed by atoms with Gasteiger partial charge >= 0.3 is 0 Å². The van der Waals surface area contributed by atoms with Crippen molar-refractivity contribution in [3.63, 3.8) is 0 Å². The van der Waals surface area contributed by atoms with Crippen LogP contribution in [0.15, 0.2) is 24.4 Å². The first-order valence-electron chi connectivity index (χ1n) is 6.14. The molecule has 0 bridgehead atoms. The van der Waals surface area contributed by atoms with Crippen LogP contribution in [0.3, 0.4) is 0 Å². The lowest BCUT2D eigenvalue weighted by Crippen LogP contribution is -2.23. The number of carbonyl (C=O) groups excluding carboxylic acids is 1. The number of aryl methyl sites for hydroxylation is 1. The van der Waals surface area contributed by atoms with Crippen LogP contribution < -0.4 is 10.1 Å². The van der Waals surface area contributed by atoms with Gasteiger partial charge in [-0.05, 0) is 25.1 Å². The average molecular weight is 278 g/mol. The largest absolute Gasteiger partial charge is 0.497 e. The number of rotatable bonds is 5. The number of nitrogens with one attached hydrogen (secondary N) is 1. The predicted molar refractivity (Wildman–Crippen MR) is 69.8 cm³/mol. The summed E-state index contributed by atoms with van der Waals surface area (Å²) in [4.78, 5) is 11.8. The number of ether oxygens (including phenoxy) is 1. The molecule has 1 aromatic carbocycles. The Balaban J connectivity index is 2.02. The van der Waals surface area contributed by atoms with Gasteiger partial charge in [0.1, 0.15) is 11.6 Å². The molecule has 0 unspecified atom stereocenters. The Bertz CT molecular complexity index is 612. The molecule has 20 heavy (non-hydrogen) atoms. The minimum atomic E-state index is -0.400.